The summed E-state index contributed by atoms with van der Waals surface area (Å²) in [6.07, 6.45) is 6.14. The van der Waals surface area contributed by atoms with Crippen LogP contribution in [0.1, 0.15) is 57.1 Å². The van der Waals surface area contributed by atoms with E-state index in [0.717, 1.165) is 25.7 Å². The SMILES string of the molecule is CCC1=C(C(=O)OCC2CCCCC2)C(c2ccc([N+](=O)[O-])cc2)NC(=O)N1. The molecule has 1 heterocycles. The first-order valence-electron chi connectivity index (χ1n) is 9.71. The maximum atomic E-state index is 12.9. The average molecular weight is 387 g/mol. The number of allylic oxidation sites excluding steroid dienone is 1. The monoisotopic (exact) mass is 387 g/mol. The number of amides is 2. The van der Waals surface area contributed by atoms with E-state index in [1.807, 2.05) is 6.92 Å². The summed E-state index contributed by atoms with van der Waals surface area (Å²) in [6, 6.07) is 4.71. The van der Waals surface area contributed by atoms with Gasteiger partial charge in [-0.05, 0) is 42.9 Å². The summed E-state index contributed by atoms with van der Waals surface area (Å²) in [4.78, 5) is 35.3. The second-order valence-electron chi connectivity index (χ2n) is 7.23. The van der Waals surface area contributed by atoms with Crippen molar-refractivity contribution in [1.29, 1.82) is 0 Å². The Bertz CT molecular complexity index is 782. The van der Waals surface area contributed by atoms with Crippen molar-refractivity contribution in [3.63, 3.8) is 0 Å². The van der Waals surface area contributed by atoms with Gasteiger partial charge in [0, 0.05) is 17.8 Å². The smallest absolute Gasteiger partial charge is 0.338 e. The van der Waals surface area contributed by atoms with E-state index < -0.39 is 23.0 Å². The summed E-state index contributed by atoms with van der Waals surface area (Å²) in [7, 11) is 0. The number of hydrogen-bond donors (Lipinski definition) is 2. The molecule has 1 aromatic rings. The molecule has 1 saturated carbocycles. The summed E-state index contributed by atoms with van der Waals surface area (Å²) in [6.45, 7) is 2.22. The molecule has 2 N–H and O–H groups in total. The molecule has 8 heteroatoms. The average Bonchev–Trinajstić information content (AvgIpc) is 2.72. The van der Waals surface area contributed by atoms with Gasteiger partial charge in [-0.2, -0.15) is 0 Å². The predicted octanol–water partition coefficient (Wildman–Crippen LogP) is 3.74. The van der Waals surface area contributed by atoms with Crippen molar-refractivity contribution < 1.29 is 19.2 Å². The van der Waals surface area contributed by atoms with Crippen LogP contribution in [0.3, 0.4) is 0 Å². The van der Waals surface area contributed by atoms with Crippen molar-refractivity contribution in [2.24, 2.45) is 5.92 Å². The molecule has 1 fully saturated rings. The molecular formula is C20H25N3O5. The largest absolute Gasteiger partial charge is 0.462 e. The number of rotatable bonds is 6. The molecule has 28 heavy (non-hydrogen) atoms. The van der Waals surface area contributed by atoms with Crippen LogP contribution in [0, 0.1) is 16.0 Å². The maximum Gasteiger partial charge on any atom is 0.338 e. The van der Waals surface area contributed by atoms with E-state index in [-0.39, 0.29) is 5.69 Å². The van der Waals surface area contributed by atoms with Crippen LogP contribution in [-0.2, 0) is 9.53 Å². The van der Waals surface area contributed by atoms with Crippen LogP contribution >= 0.6 is 0 Å². The zero-order valence-electron chi connectivity index (χ0n) is 15.9. The summed E-state index contributed by atoms with van der Waals surface area (Å²) < 4.78 is 5.61. The van der Waals surface area contributed by atoms with Gasteiger partial charge >= 0.3 is 12.0 Å². The number of nitro groups is 1. The first-order chi connectivity index (χ1) is 13.5. The molecule has 2 aliphatic rings. The minimum absolute atomic E-state index is 0.0508. The Balaban J connectivity index is 1.83. The Kier molecular flexibility index (Phi) is 6.28. The third kappa shape index (κ3) is 4.49. The molecule has 2 amide bonds. The van der Waals surface area contributed by atoms with Crippen LogP contribution in [0.15, 0.2) is 35.5 Å². The van der Waals surface area contributed by atoms with E-state index in [1.54, 1.807) is 12.1 Å². The molecule has 1 aliphatic heterocycles. The Morgan fingerprint density at radius 1 is 1.21 bits per heavy atom. The molecule has 1 unspecified atom stereocenters. The van der Waals surface area contributed by atoms with Crippen LogP contribution in [0.4, 0.5) is 10.5 Å². The standard InChI is InChI=1S/C20H25N3O5/c1-2-16-17(19(24)28-12-13-6-4-3-5-7-13)18(22-20(25)21-16)14-8-10-15(11-9-14)23(26)27/h8-11,13,18H,2-7,12H2,1H3,(H2,21,22,25). The van der Waals surface area contributed by atoms with Gasteiger partial charge in [0.05, 0.1) is 23.1 Å². The number of hydrogen-bond acceptors (Lipinski definition) is 5. The van der Waals surface area contributed by atoms with Crippen molar-refractivity contribution in [2.45, 2.75) is 51.5 Å². The number of esters is 1. The lowest BCUT2D eigenvalue weighted by atomic mass is 9.90. The van der Waals surface area contributed by atoms with Crippen molar-refractivity contribution in [1.82, 2.24) is 10.6 Å². The van der Waals surface area contributed by atoms with E-state index in [9.17, 15) is 19.7 Å². The van der Waals surface area contributed by atoms with Crippen LogP contribution in [0.5, 0.6) is 0 Å². The highest BCUT2D eigenvalue weighted by Crippen LogP contribution is 2.31. The number of non-ortho nitro benzene ring substituents is 1. The highest BCUT2D eigenvalue weighted by molar-refractivity contribution is 5.95. The molecule has 1 atom stereocenters. The van der Waals surface area contributed by atoms with Gasteiger partial charge in [0.1, 0.15) is 0 Å². The lowest BCUT2D eigenvalue weighted by Gasteiger charge is -2.29. The highest BCUT2D eigenvalue weighted by atomic mass is 16.6. The Morgan fingerprint density at radius 3 is 2.50 bits per heavy atom. The quantitative estimate of drug-likeness (QED) is 0.439. The maximum absolute atomic E-state index is 12.9. The van der Waals surface area contributed by atoms with Crippen LogP contribution in [0.25, 0.3) is 0 Å². The second-order valence-corrected chi connectivity index (χ2v) is 7.23. The fourth-order valence-corrected chi connectivity index (χ4v) is 3.80. The zero-order chi connectivity index (χ0) is 20.1. The molecule has 0 saturated heterocycles. The van der Waals surface area contributed by atoms with E-state index in [0.29, 0.717) is 35.8 Å². The first kappa shape index (κ1) is 19.9. The van der Waals surface area contributed by atoms with Crippen LogP contribution in [0.2, 0.25) is 0 Å². The summed E-state index contributed by atoms with van der Waals surface area (Å²) in [5.74, 6) is -0.0781. The van der Waals surface area contributed by atoms with Gasteiger partial charge in [0.2, 0.25) is 0 Å². The summed E-state index contributed by atoms with van der Waals surface area (Å²) in [5.41, 5.74) is 1.41. The normalized spacial score (nSPS) is 20.3. The van der Waals surface area contributed by atoms with Gasteiger partial charge in [-0.1, -0.05) is 26.2 Å². The first-order valence-corrected chi connectivity index (χ1v) is 9.71. The fourth-order valence-electron chi connectivity index (χ4n) is 3.80. The number of ether oxygens (including phenoxy) is 1. The molecule has 0 bridgehead atoms. The predicted molar refractivity (Wildman–Crippen MR) is 102 cm³/mol. The van der Waals surface area contributed by atoms with Crippen molar-refractivity contribution >= 4 is 17.7 Å². The van der Waals surface area contributed by atoms with Gasteiger partial charge in [-0.3, -0.25) is 10.1 Å². The summed E-state index contributed by atoms with van der Waals surface area (Å²) in [5, 5.41) is 16.3. The molecule has 0 radical (unpaired) electrons. The fraction of sp³-hybridized carbons (Fsp3) is 0.500. The molecule has 0 spiro atoms. The van der Waals surface area contributed by atoms with E-state index in [1.165, 1.54) is 18.6 Å². The number of benzene rings is 1. The lowest BCUT2D eigenvalue weighted by molar-refractivity contribution is -0.384. The molecule has 3 rings (SSSR count). The zero-order valence-corrected chi connectivity index (χ0v) is 15.9. The van der Waals surface area contributed by atoms with Gasteiger partial charge in [-0.15, -0.1) is 0 Å². The number of urea groups is 1. The number of carbonyl (C=O) groups is 2. The van der Waals surface area contributed by atoms with Gasteiger partial charge in [0.25, 0.3) is 5.69 Å². The van der Waals surface area contributed by atoms with Crippen LogP contribution < -0.4 is 10.6 Å². The van der Waals surface area contributed by atoms with Crippen molar-refractivity contribution in [3.8, 4) is 0 Å². The second kappa shape index (κ2) is 8.86. The third-order valence-electron chi connectivity index (χ3n) is 5.34. The van der Waals surface area contributed by atoms with Gasteiger partial charge in [0.15, 0.2) is 0 Å². The van der Waals surface area contributed by atoms with Crippen LogP contribution in [-0.4, -0.2) is 23.5 Å². The number of nitrogens with one attached hydrogen (secondary N) is 2. The molecule has 0 aromatic heterocycles. The third-order valence-corrected chi connectivity index (χ3v) is 5.34. The van der Waals surface area contributed by atoms with E-state index in [4.69, 9.17) is 4.74 Å². The minimum Gasteiger partial charge on any atom is -0.462 e. The Morgan fingerprint density at radius 2 is 1.89 bits per heavy atom. The molecule has 8 nitrogen and oxygen atoms in total. The lowest BCUT2D eigenvalue weighted by Crippen LogP contribution is -2.46. The molecule has 1 aromatic carbocycles. The highest BCUT2D eigenvalue weighted by Gasteiger charge is 2.33. The minimum atomic E-state index is -0.705. The topological polar surface area (TPSA) is 111 Å². The Labute approximate surface area is 163 Å². The Hall–Kier alpha value is -2.90. The molecule has 150 valence electrons. The molecular weight excluding hydrogens is 362 g/mol. The number of carbonyl (C=O) groups excluding carboxylic acids is 2. The molecule has 1 aliphatic carbocycles. The van der Waals surface area contributed by atoms with E-state index in [2.05, 4.69) is 10.6 Å². The van der Waals surface area contributed by atoms with Crippen molar-refractivity contribution in [2.75, 3.05) is 6.61 Å². The number of nitro benzene ring substituents is 1. The van der Waals surface area contributed by atoms with Gasteiger partial charge < -0.3 is 15.4 Å². The summed E-state index contributed by atoms with van der Waals surface area (Å²) >= 11 is 0. The van der Waals surface area contributed by atoms with E-state index >= 15 is 0 Å². The number of nitrogens with zero attached hydrogens (tertiary/aromatic N) is 1. The van der Waals surface area contributed by atoms with Gasteiger partial charge in [-0.25, -0.2) is 9.59 Å². The van der Waals surface area contributed by atoms with Crippen molar-refractivity contribution in [3.05, 3.63) is 51.2 Å².